The van der Waals surface area contributed by atoms with Crippen molar-refractivity contribution in [1.29, 1.82) is 0 Å². The summed E-state index contributed by atoms with van der Waals surface area (Å²) in [4.78, 5) is 28.8. The van der Waals surface area contributed by atoms with Crippen LogP contribution in [0.3, 0.4) is 0 Å². The molecule has 3 aromatic rings. The molecule has 0 bridgehead atoms. The Morgan fingerprint density at radius 2 is 1.86 bits per heavy atom. The van der Waals surface area contributed by atoms with Crippen LogP contribution in [0.15, 0.2) is 59.4 Å². The van der Waals surface area contributed by atoms with Gasteiger partial charge in [0.25, 0.3) is 11.8 Å². The lowest BCUT2D eigenvalue weighted by molar-refractivity contribution is -0.107. The van der Waals surface area contributed by atoms with Crippen LogP contribution >= 0.6 is 0 Å². The fraction of sp³-hybridized carbons (Fsp3) is 0.273. The average molecular weight is 395 g/mol. The van der Waals surface area contributed by atoms with Gasteiger partial charge in [0.05, 0.1) is 13.2 Å². The van der Waals surface area contributed by atoms with Crippen molar-refractivity contribution in [2.75, 3.05) is 26.3 Å². The number of amides is 1. The fourth-order valence-electron chi connectivity index (χ4n) is 3.65. The Kier molecular flexibility index (Phi) is 5.17. The Labute approximate surface area is 167 Å². The topological polar surface area (TPSA) is 74.4 Å². The van der Waals surface area contributed by atoms with E-state index in [4.69, 9.17) is 4.74 Å². The summed E-state index contributed by atoms with van der Waals surface area (Å²) in [5.41, 5.74) is 1.83. The summed E-state index contributed by atoms with van der Waals surface area (Å²) >= 11 is 0. The van der Waals surface area contributed by atoms with Crippen molar-refractivity contribution in [2.24, 2.45) is 0 Å². The van der Waals surface area contributed by atoms with E-state index >= 15 is 4.39 Å². The Morgan fingerprint density at radius 1 is 1.14 bits per heavy atom. The standard InChI is InChI=1S/C22H22FN3O3/c1-15-13-20(27)24-19-8-7-17(14-18(15)19)22(23,26-9-11-29-12-10-26)25-21(28)16-5-3-2-4-6-16/h2-8,13-14H,9-12H2,1H3,(H,24,27)(H,25,28). The number of aryl methyl sites for hydroxylation is 1. The molecule has 4 rings (SSSR count). The number of H-pyrrole nitrogens is 1. The van der Waals surface area contributed by atoms with Crippen LogP contribution in [-0.4, -0.2) is 42.1 Å². The molecule has 0 radical (unpaired) electrons. The number of pyridine rings is 1. The Hall–Kier alpha value is -3.03. The van der Waals surface area contributed by atoms with Crippen molar-refractivity contribution in [1.82, 2.24) is 15.2 Å². The highest BCUT2D eigenvalue weighted by atomic mass is 19.2. The lowest BCUT2D eigenvalue weighted by atomic mass is 10.0. The van der Waals surface area contributed by atoms with Gasteiger partial charge >= 0.3 is 0 Å². The number of nitrogens with zero attached hydrogens (tertiary/aromatic N) is 1. The first kappa shape index (κ1) is 19.3. The SMILES string of the molecule is Cc1cc(=O)[nH]c2ccc(C(F)(NC(=O)c3ccccc3)N3CCOCC3)cc12. The molecule has 0 aliphatic carbocycles. The quantitative estimate of drug-likeness (QED) is 0.666. The summed E-state index contributed by atoms with van der Waals surface area (Å²) in [6.45, 7) is 3.25. The van der Waals surface area contributed by atoms with E-state index in [-0.39, 0.29) is 5.56 Å². The van der Waals surface area contributed by atoms with Gasteiger partial charge in [0, 0.05) is 41.2 Å². The number of fused-ring (bicyclic) bond motifs is 1. The predicted molar refractivity (Wildman–Crippen MR) is 108 cm³/mol. The molecule has 1 aliphatic heterocycles. The van der Waals surface area contributed by atoms with E-state index in [0.717, 1.165) is 10.9 Å². The van der Waals surface area contributed by atoms with Crippen molar-refractivity contribution in [3.8, 4) is 0 Å². The summed E-state index contributed by atoms with van der Waals surface area (Å²) in [6, 6.07) is 15.0. The number of nitrogens with one attached hydrogen (secondary N) is 2. The molecule has 1 fully saturated rings. The van der Waals surface area contributed by atoms with Gasteiger partial charge in [0.1, 0.15) is 0 Å². The van der Waals surface area contributed by atoms with Crippen LogP contribution in [0.2, 0.25) is 0 Å². The number of alkyl halides is 1. The maximum absolute atomic E-state index is 16.6. The molecule has 2 N–H and O–H groups in total. The maximum atomic E-state index is 16.6. The van der Waals surface area contributed by atoms with Gasteiger partial charge in [0.15, 0.2) is 0 Å². The van der Waals surface area contributed by atoms with Crippen LogP contribution < -0.4 is 10.9 Å². The van der Waals surface area contributed by atoms with E-state index in [0.29, 0.717) is 42.9 Å². The van der Waals surface area contributed by atoms with Gasteiger partial charge in [-0.3, -0.25) is 9.59 Å². The van der Waals surface area contributed by atoms with Crippen LogP contribution in [-0.2, 0) is 10.7 Å². The number of hydrogen-bond donors (Lipinski definition) is 2. The van der Waals surface area contributed by atoms with Crippen molar-refractivity contribution in [3.05, 3.63) is 81.6 Å². The number of ether oxygens (including phenoxy) is 1. The number of carbonyl (C=O) groups excluding carboxylic acids is 1. The van der Waals surface area contributed by atoms with Crippen molar-refractivity contribution in [3.63, 3.8) is 0 Å². The van der Waals surface area contributed by atoms with E-state index in [1.807, 2.05) is 0 Å². The minimum absolute atomic E-state index is 0.208. The lowest BCUT2D eigenvalue weighted by Gasteiger charge is -2.40. The molecule has 1 amide bonds. The van der Waals surface area contributed by atoms with Crippen molar-refractivity contribution >= 4 is 16.8 Å². The number of morpholine rings is 1. The molecule has 6 nitrogen and oxygen atoms in total. The van der Waals surface area contributed by atoms with E-state index in [9.17, 15) is 9.59 Å². The van der Waals surface area contributed by atoms with Gasteiger partial charge in [-0.1, -0.05) is 24.3 Å². The fourth-order valence-corrected chi connectivity index (χ4v) is 3.65. The van der Waals surface area contributed by atoms with Crippen LogP contribution in [0.1, 0.15) is 21.5 Å². The van der Waals surface area contributed by atoms with Crippen LogP contribution in [0.25, 0.3) is 10.9 Å². The van der Waals surface area contributed by atoms with E-state index < -0.39 is 11.8 Å². The molecule has 1 saturated heterocycles. The lowest BCUT2D eigenvalue weighted by Crippen LogP contribution is -2.58. The normalized spacial score (nSPS) is 17.0. The zero-order valence-electron chi connectivity index (χ0n) is 16.1. The average Bonchev–Trinajstić information content (AvgIpc) is 2.74. The van der Waals surface area contributed by atoms with Crippen LogP contribution in [0.5, 0.6) is 0 Å². The molecule has 2 heterocycles. The summed E-state index contributed by atoms with van der Waals surface area (Å²) < 4.78 is 21.9. The highest BCUT2D eigenvalue weighted by Gasteiger charge is 2.41. The van der Waals surface area contributed by atoms with Crippen molar-refractivity contribution < 1.29 is 13.9 Å². The monoisotopic (exact) mass is 395 g/mol. The molecule has 0 saturated carbocycles. The molecule has 29 heavy (non-hydrogen) atoms. The Morgan fingerprint density at radius 3 is 2.59 bits per heavy atom. The van der Waals surface area contributed by atoms with Crippen LogP contribution in [0, 0.1) is 6.92 Å². The third kappa shape index (κ3) is 3.79. The van der Waals surface area contributed by atoms with Crippen LogP contribution in [0.4, 0.5) is 4.39 Å². The smallest absolute Gasteiger partial charge is 0.267 e. The molecular formula is C22H22FN3O3. The number of benzene rings is 2. The molecule has 2 aromatic carbocycles. The zero-order chi connectivity index (χ0) is 20.4. The molecule has 150 valence electrons. The number of aromatic amines is 1. The number of carbonyl (C=O) groups is 1. The molecule has 0 spiro atoms. The number of rotatable bonds is 4. The maximum Gasteiger partial charge on any atom is 0.267 e. The molecular weight excluding hydrogens is 373 g/mol. The first-order valence-electron chi connectivity index (χ1n) is 9.51. The first-order valence-corrected chi connectivity index (χ1v) is 9.51. The highest BCUT2D eigenvalue weighted by molar-refractivity contribution is 5.94. The van der Waals surface area contributed by atoms with Gasteiger partial charge in [-0.2, -0.15) is 4.39 Å². The van der Waals surface area contributed by atoms with Gasteiger partial charge in [-0.05, 0) is 36.8 Å². The van der Waals surface area contributed by atoms with E-state index in [1.165, 1.54) is 6.07 Å². The highest BCUT2D eigenvalue weighted by Crippen LogP contribution is 2.31. The second-order valence-electron chi connectivity index (χ2n) is 7.12. The van der Waals surface area contributed by atoms with Crippen molar-refractivity contribution in [2.45, 2.75) is 12.8 Å². The zero-order valence-corrected chi connectivity index (χ0v) is 16.1. The minimum atomic E-state index is -2.21. The number of aromatic nitrogens is 1. The second-order valence-corrected chi connectivity index (χ2v) is 7.12. The Bertz CT molecular complexity index is 1090. The number of hydrogen-bond acceptors (Lipinski definition) is 4. The van der Waals surface area contributed by atoms with Gasteiger partial charge in [0.2, 0.25) is 5.56 Å². The second kappa shape index (κ2) is 7.77. The largest absolute Gasteiger partial charge is 0.379 e. The summed E-state index contributed by atoms with van der Waals surface area (Å²) in [5.74, 6) is -2.72. The van der Waals surface area contributed by atoms with Gasteiger partial charge in [-0.25, -0.2) is 4.90 Å². The summed E-state index contributed by atoms with van der Waals surface area (Å²) in [5, 5.41) is 3.31. The predicted octanol–water partition coefficient (Wildman–Crippen LogP) is 2.68. The summed E-state index contributed by atoms with van der Waals surface area (Å²) in [7, 11) is 0. The van der Waals surface area contributed by atoms with Gasteiger partial charge < -0.3 is 15.0 Å². The first-order chi connectivity index (χ1) is 14.0. The molecule has 1 unspecified atom stereocenters. The summed E-state index contributed by atoms with van der Waals surface area (Å²) in [6.07, 6.45) is 0. The minimum Gasteiger partial charge on any atom is -0.379 e. The Balaban J connectivity index is 1.78. The third-order valence-corrected chi connectivity index (χ3v) is 5.19. The van der Waals surface area contributed by atoms with Gasteiger partial charge in [-0.15, -0.1) is 0 Å². The molecule has 1 aliphatic rings. The molecule has 7 heteroatoms. The van der Waals surface area contributed by atoms with E-state index in [2.05, 4.69) is 10.3 Å². The number of halogens is 1. The molecule has 1 atom stereocenters. The van der Waals surface area contributed by atoms with E-state index in [1.54, 1.807) is 60.4 Å². The third-order valence-electron chi connectivity index (χ3n) is 5.19. The molecule has 1 aromatic heterocycles.